The van der Waals surface area contributed by atoms with Gasteiger partial charge in [0.1, 0.15) is 5.75 Å². The number of alkyl halides is 3. The molecule has 3 amide bonds. The van der Waals surface area contributed by atoms with Crippen LogP contribution in [-0.4, -0.2) is 38.4 Å². The second-order valence-corrected chi connectivity index (χ2v) is 11.5. The average Bonchev–Trinajstić information content (AvgIpc) is 3.68. The molecule has 14 heteroatoms. The quantitative estimate of drug-likeness (QED) is 0.185. The van der Waals surface area contributed by atoms with Crippen LogP contribution >= 0.6 is 11.3 Å². The van der Waals surface area contributed by atoms with Crippen molar-refractivity contribution in [3.63, 3.8) is 0 Å². The lowest BCUT2D eigenvalue weighted by atomic mass is 10.0. The second kappa shape index (κ2) is 12.6. The summed E-state index contributed by atoms with van der Waals surface area (Å²) in [6.07, 6.45) is 1.82. The predicted molar refractivity (Wildman–Crippen MR) is 168 cm³/mol. The normalized spacial score (nSPS) is 13.2. The Kier molecular flexibility index (Phi) is 8.37. The number of hydrogen-bond acceptors (Lipinski definition) is 8. The maximum Gasteiger partial charge on any atom is 0.417 e. The summed E-state index contributed by atoms with van der Waals surface area (Å²) in [6, 6.07) is 12.6. The molecule has 46 heavy (non-hydrogen) atoms. The van der Waals surface area contributed by atoms with Crippen molar-refractivity contribution in [2.75, 3.05) is 22.1 Å². The fraction of sp³-hybridized carbons (Fsp3) is 0.188. The van der Waals surface area contributed by atoms with Crippen molar-refractivity contribution < 1.29 is 27.5 Å². The number of amides is 3. The molecule has 0 atom stereocenters. The van der Waals surface area contributed by atoms with E-state index in [4.69, 9.17) is 4.74 Å². The lowest BCUT2D eigenvalue weighted by molar-refractivity contribution is -0.137. The van der Waals surface area contributed by atoms with Crippen LogP contribution in [0.1, 0.15) is 29.5 Å². The van der Waals surface area contributed by atoms with Gasteiger partial charge in [0.25, 0.3) is 0 Å². The molecule has 0 unspecified atom stereocenters. The number of urea groups is 1. The lowest BCUT2D eigenvalue weighted by Gasteiger charge is -2.15. The van der Waals surface area contributed by atoms with Crippen molar-refractivity contribution in [2.45, 2.75) is 32.9 Å². The highest BCUT2D eigenvalue weighted by Crippen LogP contribution is 2.36. The number of benzene rings is 2. The molecular formula is C32H26F3N7O3S. The molecule has 1 aliphatic rings. The fourth-order valence-electron chi connectivity index (χ4n) is 4.72. The van der Waals surface area contributed by atoms with Crippen molar-refractivity contribution in [1.29, 1.82) is 0 Å². The van der Waals surface area contributed by atoms with Crippen LogP contribution in [0.2, 0.25) is 0 Å². The van der Waals surface area contributed by atoms with E-state index in [1.54, 1.807) is 35.4 Å². The van der Waals surface area contributed by atoms with Gasteiger partial charge in [-0.05, 0) is 73.4 Å². The van der Waals surface area contributed by atoms with Gasteiger partial charge in [-0.2, -0.15) is 13.2 Å². The monoisotopic (exact) mass is 645 g/mol. The minimum absolute atomic E-state index is 0.0189. The summed E-state index contributed by atoms with van der Waals surface area (Å²) in [4.78, 5) is 44.1. The maximum absolute atomic E-state index is 13.5. The van der Waals surface area contributed by atoms with E-state index >= 15 is 0 Å². The van der Waals surface area contributed by atoms with Gasteiger partial charge in [-0.25, -0.2) is 19.7 Å². The Morgan fingerprint density at radius 1 is 0.891 bits per heavy atom. The van der Waals surface area contributed by atoms with Gasteiger partial charge in [-0.15, -0.1) is 0 Å². The summed E-state index contributed by atoms with van der Waals surface area (Å²) >= 11 is 1.44. The van der Waals surface area contributed by atoms with Gasteiger partial charge in [0.05, 0.1) is 39.9 Å². The summed E-state index contributed by atoms with van der Waals surface area (Å²) in [5, 5.41) is 5.68. The van der Waals surface area contributed by atoms with E-state index in [9.17, 15) is 22.8 Å². The Morgan fingerprint density at radius 2 is 1.63 bits per heavy atom. The number of thiazole rings is 1. The van der Waals surface area contributed by atoms with Gasteiger partial charge in [0, 0.05) is 30.9 Å². The van der Waals surface area contributed by atoms with Gasteiger partial charge in [-0.1, -0.05) is 23.5 Å². The van der Waals surface area contributed by atoms with Crippen LogP contribution in [0.5, 0.6) is 11.8 Å². The van der Waals surface area contributed by atoms with Crippen LogP contribution < -0.4 is 20.3 Å². The van der Waals surface area contributed by atoms with Gasteiger partial charge in [-0.3, -0.25) is 14.7 Å². The van der Waals surface area contributed by atoms with Crippen molar-refractivity contribution in [2.24, 2.45) is 0 Å². The summed E-state index contributed by atoms with van der Waals surface area (Å²) in [6.45, 7) is 4.48. The number of aryl methyl sites for hydroxylation is 2. The number of halogens is 3. The molecule has 0 bridgehead atoms. The number of hydrogen-bond donors (Lipinski definition) is 2. The van der Waals surface area contributed by atoms with Crippen LogP contribution in [0.4, 0.5) is 34.5 Å². The zero-order chi connectivity index (χ0) is 32.4. The Hall–Kier alpha value is -5.37. The van der Waals surface area contributed by atoms with Gasteiger partial charge in [0.15, 0.2) is 5.13 Å². The highest BCUT2D eigenvalue weighted by atomic mass is 32.1. The molecule has 0 saturated carbocycles. The zero-order valence-electron chi connectivity index (χ0n) is 24.6. The molecule has 2 N–H and O–H groups in total. The van der Waals surface area contributed by atoms with Crippen LogP contribution in [0, 0.1) is 13.8 Å². The fourth-order valence-corrected chi connectivity index (χ4v) is 5.68. The van der Waals surface area contributed by atoms with E-state index in [0.717, 1.165) is 40.3 Å². The van der Waals surface area contributed by atoms with Crippen LogP contribution in [0.25, 0.3) is 21.7 Å². The van der Waals surface area contributed by atoms with Gasteiger partial charge in [0.2, 0.25) is 5.91 Å². The van der Waals surface area contributed by atoms with E-state index in [1.165, 1.54) is 23.7 Å². The Bertz CT molecular complexity index is 1910. The lowest BCUT2D eigenvalue weighted by Crippen LogP contribution is -2.23. The summed E-state index contributed by atoms with van der Waals surface area (Å²) in [5.41, 5.74) is 2.67. The molecule has 5 aromatic rings. The predicted octanol–water partition coefficient (Wildman–Crippen LogP) is 7.86. The third-order valence-corrected chi connectivity index (χ3v) is 8.34. The molecule has 10 nitrogen and oxygen atoms in total. The first-order valence-corrected chi connectivity index (χ1v) is 14.9. The number of nitrogens with zero attached hydrogens (tertiary/aromatic N) is 5. The molecule has 234 valence electrons. The molecule has 1 saturated heterocycles. The number of pyridine rings is 1. The summed E-state index contributed by atoms with van der Waals surface area (Å²) in [5.74, 6) is 0.555. The number of carbonyl (C=O) groups excluding carboxylic acids is 2. The van der Waals surface area contributed by atoms with Crippen molar-refractivity contribution in [1.82, 2.24) is 19.9 Å². The molecular weight excluding hydrogens is 619 g/mol. The first-order valence-electron chi connectivity index (χ1n) is 14.1. The zero-order valence-corrected chi connectivity index (χ0v) is 25.4. The number of ether oxygens (including phenoxy) is 1. The highest BCUT2D eigenvalue weighted by Gasteiger charge is 2.32. The number of aromatic nitrogens is 4. The van der Waals surface area contributed by atoms with E-state index in [1.807, 2.05) is 32.0 Å². The summed E-state index contributed by atoms with van der Waals surface area (Å²) in [7, 11) is 0. The topological polar surface area (TPSA) is 122 Å². The third-order valence-electron chi connectivity index (χ3n) is 7.28. The largest absolute Gasteiger partial charge is 0.424 e. The van der Waals surface area contributed by atoms with Gasteiger partial charge < -0.3 is 15.4 Å². The maximum atomic E-state index is 13.5. The number of nitrogens with one attached hydrogen (secondary N) is 2. The molecule has 0 radical (unpaired) electrons. The average molecular weight is 646 g/mol. The molecule has 2 aromatic carbocycles. The van der Waals surface area contributed by atoms with Crippen molar-refractivity contribution >= 4 is 39.8 Å². The molecule has 3 aromatic heterocycles. The Morgan fingerprint density at radius 3 is 2.30 bits per heavy atom. The molecule has 1 aliphatic heterocycles. The highest BCUT2D eigenvalue weighted by molar-refractivity contribution is 7.19. The van der Waals surface area contributed by atoms with Crippen molar-refractivity contribution in [3.8, 4) is 33.5 Å². The third kappa shape index (κ3) is 6.81. The molecule has 1 fully saturated rings. The SMILES string of the molecule is Cc1ccc(-c2ncc(C(F)(F)F)cc2NC(=O)Nc2cnc(Oc3ccc(-c4cnc(N5CCCC5=O)s4)cc3)nc2)cc1C. The van der Waals surface area contributed by atoms with Crippen molar-refractivity contribution in [3.05, 3.63) is 90.0 Å². The molecule has 4 heterocycles. The number of carbonyl (C=O) groups is 2. The Labute approximate surface area is 265 Å². The smallest absolute Gasteiger partial charge is 0.417 e. The van der Waals surface area contributed by atoms with Crippen LogP contribution in [0.15, 0.2) is 73.3 Å². The number of rotatable bonds is 7. The molecule has 0 spiro atoms. The van der Waals surface area contributed by atoms with Crippen LogP contribution in [-0.2, 0) is 11.0 Å². The minimum atomic E-state index is -4.65. The first kappa shape index (κ1) is 30.6. The van der Waals surface area contributed by atoms with E-state index in [2.05, 4.69) is 30.6 Å². The minimum Gasteiger partial charge on any atom is -0.424 e. The van der Waals surface area contributed by atoms with E-state index in [-0.39, 0.29) is 29.0 Å². The van der Waals surface area contributed by atoms with E-state index in [0.29, 0.717) is 29.4 Å². The van der Waals surface area contributed by atoms with Crippen LogP contribution in [0.3, 0.4) is 0 Å². The number of anilines is 3. The molecule has 0 aliphatic carbocycles. The Balaban J connectivity index is 1.10. The van der Waals surface area contributed by atoms with Gasteiger partial charge >= 0.3 is 18.2 Å². The standard InChI is InChI=1S/C32H26F3N7O3S/c1-18-5-6-21(12-19(18)2)28-25(13-22(14-36-28)32(33,34)35)41-29(44)40-23-15-37-30(38-16-23)45-24-9-7-20(8-10-24)26-17-39-31(46-26)42-11-3-4-27(42)43/h5-10,12-17H,3-4,11H2,1-2H3,(H2,40,41,44). The summed E-state index contributed by atoms with van der Waals surface area (Å²) < 4.78 is 46.1. The second-order valence-electron chi connectivity index (χ2n) is 10.5. The first-order chi connectivity index (χ1) is 22.0. The van der Waals surface area contributed by atoms with E-state index < -0.39 is 17.8 Å². The molecule has 6 rings (SSSR count).